The first kappa shape index (κ1) is 18.4. The minimum Gasteiger partial charge on any atom is -0.321 e. The van der Waals surface area contributed by atoms with Gasteiger partial charge in [-0.15, -0.1) is 0 Å². The first-order valence-corrected chi connectivity index (χ1v) is 10.0. The lowest BCUT2D eigenvalue weighted by molar-refractivity contribution is -0.115. The van der Waals surface area contributed by atoms with Crippen LogP contribution >= 0.6 is 11.6 Å². The molecule has 0 saturated heterocycles. The molecule has 5 heteroatoms. The molecule has 1 aliphatic rings. The summed E-state index contributed by atoms with van der Waals surface area (Å²) in [5, 5.41) is 10.4. The van der Waals surface area contributed by atoms with Gasteiger partial charge in [-0.2, -0.15) is 5.10 Å². The molecular formula is C25H18ClN3O. The summed E-state index contributed by atoms with van der Waals surface area (Å²) in [5.41, 5.74) is 4.26. The predicted octanol–water partition coefficient (Wildman–Crippen LogP) is 5.29. The summed E-state index contributed by atoms with van der Waals surface area (Å²) < 4.78 is 1.81. The summed E-state index contributed by atoms with van der Waals surface area (Å²) in [6.45, 7) is 0.577. The Morgan fingerprint density at radius 2 is 1.80 bits per heavy atom. The number of halogens is 1. The van der Waals surface area contributed by atoms with Gasteiger partial charge < -0.3 is 5.32 Å². The smallest absolute Gasteiger partial charge is 0.255 e. The molecule has 1 aliphatic heterocycles. The Balaban J connectivity index is 1.40. The van der Waals surface area contributed by atoms with E-state index in [1.807, 2.05) is 65.5 Å². The zero-order chi connectivity index (χ0) is 20.5. The highest BCUT2D eigenvalue weighted by molar-refractivity contribution is 6.31. The number of benzene rings is 3. The Hall–Kier alpha value is -3.63. The highest BCUT2D eigenvalue weighted by Crippen LogP contribution is 2.25. The van der Waals surface area contributed by atoms with Crippen molar-refractivity contribution in [3.63, 3.8) is 0 Å². The van der Waals surface area contributed by atoms with E-state index in [4.69, 9.17) is 11.6 Å². The number of nitrogens with one attached hydrogen (secondary N) is 1. The number of amides is 1. The maximum absolute atomic E-state index is 12.5. The number of hydrogen-bond acceptors (Lipinski definition) is 2. The molecule has 5 rings (SSSR count). The summed E-state index contributed by atoms with van der Waals surface area (Å²) in [6, 6.07) is 22.1. The van der Waals surface area contributed by atoms with Crippen molar-refractivity contribution in [2.75, 3.05) is 0 Å². The van der Waals surface area contributed by atoms with Crippen LogP contribution in [-0.2, 0) is 11.3 Å². The van der Waals surface area contributed by atoms with Crippen LogP contribution in [0.1, 0.15) is 16.7 Å². The Bertz CT molecular complexity index is 1330. The third kappa shape index (κ3) is 3.65. The summed E-state index contributed by atoms with van der Waals surface area (Å²) in [7, 11) is 0. The van der Waals surface area contributed by atoms with Crippen LogP contribution in [0.4, 0.5) is 0 Å². The average molecular weight is 412 g/mol. The topological polar surface area (TPSA) is 46.9 Å². The predicted molar refractivity (Wildman–Crippen MR) is 121 cm³/mol. The highest BCUT2D eigenvalue weighted by atomic mass is 35.5. The molecule has 1 aromatic heterocycles. The Labute approximate surface area is 179 Å². The first-order valence-electron chi connectivity index (χ1n) is 9.65. The molecule has 3 aromatic carbocycles. The number of rotatable bonds is 4. The number of carbonyl (C=O) groups excluding carboxylic acids is 1. The van der Waals surface area contributed by atoms with E-state index >= 15 is 0 Å². The molecule has 0 radical (unpaired) electrons. The zero-order valence-electron chi connectivity index (χ0n) is 16.0. The summed E-state index contributed by atoms with van der Waals surface area (Å²) in [6.07, 6.45) is 7.39. The summed E-state index contributed by atoms with van der Waals surface area (Å²) in [4.78, 5) is 12.5. The second-order valence-corrected chi connectivity index (χ2v) is 7.64. The second-order valence-electron chi connectivity index (χ2n) is 7.24. The average Bonchev–Trinajstić information content (AvgIpc) is 3.36. The first-order chi connectivity index (χ1) is 14.7. The molecule has 0 aliphatic carbocycles. The minimum atomic E-state index is -0.114. The molecule has 30 heavy (non-hydrogen) atoms. The quantitative estimate of drug-likeness (QED) is 0.463. The van der Waals surface area contributed by atoms with Crippen LogP contribution in [0.25, 0.3) is 22.5 Å². The van der Waals surface area contributed by atoms with E-state index in [1.54, 1.807) is 6.20 Å². The van der Waals surface area contributed by atoms with E-state index in [1.165, 1.54) is 5.39 Å². The van der Waals surface area contributed by atoms with Crippen molar-refractivity contribution in [2.45, 2.75) is 6.54 Å². The number of nitrogens with zero attached hydrogens (tertiary/aromatic N) is 2. The van der Waals surface area contributed by atoms with Crippen molar-refractivity contribution >= 4 is 40.1 Å². The second kappa shape index (κ2) is 7.65. The lowest BCUT2D eigenvalue weighted by Crippen LogP contribution is -2.15. The molecule has 2 heterocycles. The molecule has 4 nitrogen and oxygen atoms in total. The van der Waals surface area contributed by atoms with Gasteiger partial charge in [-0.3, -0.25) is 9.48 Å². The van der Waals surface area contributed by atoms with Crippen LogP contribution in [0.15, 0.2) is 90.8 Å². The monoisotopic (exact) mass is 411 g/mol. The lowest BCUT2D eigenvalue weighted by atomic mass is 10.0. The third-order valence-electron chi connectivity index (χ3n) is 5.14. The van der Waals surface area contributed by atoms with Gasteiger partial charge in [0.05, 0.1) is 12.7 Å². The van der Waals surface area contributed by atoms with Gasteiger partial charge in [-0.05, 0) is 46.2 Å². The fourth-order valence-corrected chi connectivity index (χ4v) is 3.79. The molecule has 4 aromatic rings. The molecule has 1 amide bonds. The molecule has 0 saturated carbocycles. The Morgan fingerprint density at radius 3 is 2.67 bits per heavy atom. The lowest BCUT2D eigenvalue weighted by Gasteiger charge is -2.04. The van der Waals surface area contributed by atoms with E-state index in [2.05, 4.69) is 34.7 Å². The van der Waals surface area contributed by atoms with Gasteiger partial charge in [-0.1, -0.05) is 66.2 Å². The van der Waals surface area contributed by atoms with Crippen LogP contribution in [-0.4, -0.2) is 15.7 Å². The Morgan fingerprint density at radius 1 is 1.00 bits per heavy atom. The normalized spacial score (nSPS) is 14.9. The minimum absolute atomic E-state index is 0.114. The highest BCUT2D eigenvalue weighted by Gasteiger charge is 2.19. The van der Waals surface area contributed by atoms with Gasteiger partial charge in [0.25, 0.3) is 5.91 Å². The van der Waals surface area contributed by atoms with Crippen LogP contribution in [0.3, 0.4) is 0 Å². The van der Waals surface area contributed by atoms with E-state index < -0.39 is 0 Å². The van der Waals surface area contributed by atoms with Crippen LogP contribution in [0.5, 0.6) is 0 Å². The molecule has 0 atom stereocenters. The van der Waals surface area contributed by atoms with Crippen LogP contribution in [0.2, 0.25) is 5.02 Å². The van der Waals surface area contributed by atoms with Crippen molar-refractivity contribution in [1.29, 1.82) is 0 Å². The van der Waals surface area contributed by atoms with Crippen molar-refractivity contribution in [3.8, 4) is 0 Å². The van der Waals surface area contributed by atoms with Crippen molar-refractivity contribution in [1.82, 2.24) is 15.1 Å². The number of carbonyl (C=O) groups is 1. The molecule has 1 N–H and O–H groups in total. The van der Waals surface area contributed by atoms with E-state index in [0.29, 0.717) is 17.1 Å². The van der Waals surface area contributed by atoms with Crippen molar-refractivity contribution in [2.24, 2.45) is 0 Å². The summed E-state index contributed by atoms with van der Waals surface area (Å²) in [5.74, 6) is -0.114. The van der Waals surface area contributed by atoms with Crippen molar-refractivity contribution < 1.29 is 4.79 Å². The zero-order valence-corrected chi connectivity index (χ0v) is 16.8. The molecule has 0 spiro atoms. The molecule has 0 bridgehead atoms. The maximum atomic E-state index is 12.5. The van der Waals surface area contributed by atoms with E-state index in [9.17, 15) is 4.79 Å². The molecular weight excluding hydrogens is 394 g/mol. The fraction of sp³-hybridized carbons (Fsp3) is 0.0400. The van der Waals surface area contributed by atoms with Gasteiger partial charge in [0.2, 0.25) is 0 Å². The standard InChI is InChI=1S/C25H18ClN3O/c26-23-8-4-3-7-21(23)16-29-15-17(14-27-29)11-22-13-24(28-25(22)30)20-10-9-18-5-1-2-6-19(18)12-20/h1-15H,16H2,(H,28,30). The van der Waals surface area contributed by atoms with Gasteiger partial charge in [0.1, 0.15) is 0 Å². The number of hydrogen-bond donors (Lipinski definition) is 1. The SMILES string of the molecule is O=C1NC(c2ccc3ccccc3c2)=CC1=Cc1cnn(Cc2ccccc2Cl)c1. The van der Waals surface area contributed by atoms with Crippen LogP contribution in [0, 0.1) is 0 Å². The molecule has 0 unspecified atom stereocenters. The van der Waals surface area contributed by atoms with E-state index in [-0.39, 0.29) is 5.91 Å². The van der Waals surface area contributed by atoms with Gasteiger partial charge in [0.15, 0.2) is 0 Å². The van der Waals surface area contributed by atoms with Gasteiger partial charge >= 0.3 is 0 Å². The molecule has 0 fully saturated rings. The van der Waals surface area contributed by atoms with Crippen LogP contribution < -0.4 is 5.32 Å². The number of fused-ring (bicyclic) bond motifs is 1. The van der Waals surface area contributed by atoms with Gasteiger partial charge in [-0.25, -0.2) is 0 Å². The largest absolute Gasteiger partial charge is 0.321 e. The summed E-state index contributed by atoms with van der Waals surface area (Å²) >= 11 is 6.23. The number of aromatic nitrogens is 2. The third-order valence-corrected chi connectivity index (χ3v) is 5.50. The van der Waals surface area contributed by atoms with Crippen molar-refractivity contribution in [3.05, 3.63) is 112 Å². The maximum Gasteiger partial charge on any atom is 0.255 e. The Kier molecular flexibility index (Phi) is 4.69. The fourth-order valence-electron chi connectivity index (χ4n) is 3.59. The molecule has 146 valence electrons. The van der Waals surface area contributed by atoms with E-state index in [0.717, 1.165) is 27.8 Å². The van der Waals surface area contributed by atoms with Gasteiger partial charge in [0, 0.05) is 28.1 Å².